The number of carbonyl (C=O) groups excluding carboxylic acids is 1. The van der Waals surface area contributed by atoms with E-state index < -0.39 is 6.10 Å². The number of nitrogens with two attached hydrogens (primary N) is 1. The molecule has 2 aliphatic rings. The molecule has 0 aromatic carbocycles. The van der Waals surface area contributed by atoms with Gasteiger partial charge < -0.3 is 20.6 Å². The van der Waals surface area contributed by atoms with E-state index in [1.54, 1.807) is 16.2 Å². The zero-order valence-corrected chi connectivity index (χ0v) is 12.6. The first-order valence-corrected chi connectivity index (χ1v) is 8.00. The number of aryl methyl sites for hydroxylation is 2. The average molecular weight is 309 g/mol. The summed E-state index contributed by atoms with van der Waals surface area (Å²) < 4.78 is 5.42. The number of rotatable bonds is 2. The summed E-state index contributed by atoms with van der Waals surface area (Å²) in [4.78, 5) is 16.5. The van der Waals surface area contributed by atoms with Crippen LogP contribution in [0.1, 0.15) is 33.0 Å². The van der Waals surface area contributed by atoms with Gasteiger partial charge in [0.2, 0.25) is 0 Å². The van der Waals surface area contributed by atoms with E-state index in [1.807, 2.05) is 6.07 Å². The molecule has 3 rings (SSSR count). The van der Waals surface area contributed by atoms with Crippen LogP contribution in [0.25, 0.3) is 0 Å². The summed E-state index contributed by atoms with van der Waals surface area (Å²) >= 11 is 1.61. The smallest absolute Gasteiger partial charge is 0.264 e. The number of fused-ring (bicyclic) bond motifs is 1. The number of thiophene rings is 1. The van der Waals surface area contributed by atoms with Crippen molar-refractivity contribution < 1.29 is 14.7 Å². The van der Waals surface area contributed by atoms with Crippen LogP contribution in [0.5, 0.6) is 0 Å². The van der Waals surface area contributed by atoms with Gasteiger partial charge >= 0.3 is 0 Å². The number of carbonyl (C=O) groups is 1. The summed E-state index contributed by atoms with van der Waals surface area (Å²) in [7, 11) is 0. The Morgan fingerprint density at radius 2 is 2.29 bits per heavy atom. The van der Waals surface area contributed by atoms with Gasteiger partial charge in [-0.2, -0.15) is 0 Å². The molecule has 1 fully saturated rings. The molecule has 21 heavy (non-hydrogen) atoms. The topological polar surface area (TPSA) is 88.2 Å². The van der Waals surface area contributed by atoms with Crippen LogP contribution in [0, 0.1) is 0 Å². The van der Waals surface area contributed by atoms with Gasteiger partial charge in [-0.3, -0.25) is 4.79 Å². The van der Waals surface area contributed by atoms with E-state index in [-0.39, 0.29) is 11.7 Å². The highest BCUT2D eigenvalue weighted by atomic mass is 32.1. The molecule has 0 spiro atoms. The summed E-state index contributed by atoms with van der Waals surface area (Å²) in [6.07, 6.45) is 4.06. The van der Waals surface area contributed by atoms with Crippen molar-refractivity contribution in [3.8, 4) is 0 Å². The van der Waals surface area contributed by atoms with Gasteiger partial charge in [0.15, 0.2) is 5.84 Å². The van der Waals surface area contributed by atoms with E-state index in [0.717, 1.165) is 17.7 Å². The lowest BCUT2D eigenvalue weighted by molar-refractivity contribution is 0.00699. The monoisotopic (exact) mass is 309 g/mol. The largest absolute Gasteiger partial charge is 0.409 e. The number of amides is 1. The van der Waals surface area contributed by atoms with Crippen molar-refractivity contribution in [1.29, 1.82) is 0 Å². The van der Waals surface area contributed by atoms with Gasteiger partial charge in [0.1, 0.15) is 6.10 Å². The SMILES string of the molecule is NC(=NO)C1CN(C(=O)c2cc3c(s2)CCCC3)CCO1. The second-order valence-electron chi connectivity index (χ2n) is 5.40. The minimum Gasteiger partial charge on any atom is -0.409 e. The number of hydrogen-bond donors (Lipinski definition) is 2. The fourth-order valence-electron chi connectivity index (χ4n) is 2.83. The van der Waals surface area contributed by atoms with Crippen molar-refractivity contribution in [3.05, 3.63) is 21.4 Å². The van der Waals surface area contributed by atoms with Crippen molar-refractivity contribution in [2.45, 2.75) is 31.8 Å². The maximum Gasteiger partial charge on any atom is 0.264 e. The zero-order chi connectivity index (χ0) is 14.8. The lowest BCUT2D eigenvalue weighted by atomic mass is 9.99. The molecular formula is C14H19N3O3S. The second kappa shape index (κ2) is 6.03. The summed E-state index contributed by atoms with van der Waals surface area (Å²) in [5.41, 5.74) is 6.90. The first kappa shape index (κ1) is 14.3. The number of ether oxygens (including phenoxy) is 1. The predicted molar refractivity (Wildman–Crippen MR) is 80.0 cm³/mol. The van der Waals surface area contributed by atoms with Gasteiger partial charge in [-0.15, -0.1) is 11.3 Å². The molecule has 1 aliphatic carbocycles. The van der Waals surface area contributed by atoms with E-state index in [0.29, 0.717) is 19.7 Å². The summed E-state index contributed by atoms with van der Waals surface area (Å²) in [6.45, 7) is 1.27. The Kier molecular flexibility index (Phi) is 4.12. The molecule has 1 aliphatic heterocycles. The van der Waals surface area contributed by atoms with Crippen LogP contribution in [-0.2, 0) is 17.6 Å². The molecule has 1 amide bonds. The number of morpholine rings is 1. The van der Waals surface area contributed by atoms with E-state index >= 15 is 0 Å². The second-order valence-corrected chi connectivity index (χ2v) is 6.54. The molecule has 7 heteroatoms. The van der Waals surface area contributed by atoms with Crippen molar-refractivity contribution in [3.63, 3.8) is 0 Å². The molecule has 0 bridgehead atoms. The molecule has 2 heterocycles. The Morgan fingerprint density at radius 3 is 3.05 bits per heavy atom. The van der Waals surface area contributed by atoms with Crippen LogP contribution in [0.15, 0.2) is 11.2 Å². The lowest BCUT2D eigenvalue weighted by Crippen LogP contribution is -2.50. The molecule has 1 unspecified atom stereocenters. The normalized spacial score (nSPS) is 23.0. The molecule has 1 aromatic rings. The molecule has 1 atom stereocenters. The van der Waals surface area contributed by atoms with Gasteiger partial charge in [0, 0.05) is 11.4 Å². The van der Waals surface area contributed by atoms with E-state index in [4.69, 9.17) is 15.7 Å². The number of nitrogens with zero attached hydrogens (tertiary/aromatic N) is 2. The van der Waals surface area contributed by atoms with Crippen LogP contribution in [0.3, 0.4) is 0 Å². The van der Waals surface area contributed by atoms with Crippen LogP contribution < -0.4 is 5.73 Å². The van der Waals surface area contributed by atoms with Gasteiger partial charge in [0.05, 0.1) is 18.0 Å². The lowest BCUT2D eigenvalue weighted by Gasteiger charge is -2.31. The Labute approximate surface area is 127 Å². The van der Waals surface area contributed by atoms with E-state index in [2.05, 4.69) is 5.16 Å². The quantitative estimate of drug-likeness (QED) is 0.372. The number of oxime groups is 1. The van der Waals surface area contributed by atoms with Gasteiger partial charge in [-0.1, -0.05) is 5.16 Å². The van der Waals surface area contributed by atoms with Crippen LogP contribution in [0.4, 0.5) is 0 Å². The van der Waals surface area contributed by atoms with Crippen molar-refractivity contribution in [1.82, 2.24) is 4.90 Å². The average Bonchev–Trinajstić information content (AvgIpc) is 2.97. The standard InChI is InChI=1S/C14H19N3O3S/c15-13(16-19)10-8-17(5-6-20-10)14(18)12-7-9-3-1-2-4-11(9)21-12/h7,10,19H,1-6,8H2,(H2,15,16). The van der Waals surface area contributed by atoms with Gasteiger partial charge in [-0.05, 0) is 37.3 Å². The highest BCUT2D eigenvalue weighted by Gasteiger charge is 2.29. The van der Waals surface area contributed by atoms with E-state index in [1.165, 1.54) is 23.3 Å². The third kappa shape index (κ3) is 2.89. The summed E-state index contributed by atoms with van der Waals surface area (Å²) in [5.74, 6) is 0.0337. The number of hydrogen-bond acceptors (Lipinski definition) is 5. The van der Waals surface area contributed by atoms with Crippen molar-refractivity contribution >= 4 is 23.1 Å². The molecule has 0 saturated carbocycles. The Bertz CT molecular complexity index is 546. The fraction of sp³-hybridized carbons (Fsp3) is 0.571. The highest BCUT2D eigenvalue weighted by molar-refractivity contribution is 7.14. The zero-order valence-electron chi connectivity index (χ0n) is 11.7. The summed E-state index contributed by atoms with van der Waals surface area (Å²) in [6, 6.07) is 2.04. The fourth-order valence-corrected chi connectivity index (χ4v) is 4.05. The van der Waals surface area contributed by atoms with Gasteiger partial charge in [0.25, 0.3) is 5.91 Å². The molecular weight excluding hydrogens is 290 g/mol. The third-order valence-corrected chi connectivity index (χ3v) is 5.23. The maximum atomic E-state index is 12.6. The number of amidine groups is 1. The highest BCUT2D eigenvalue weighted by Crippen LogP contribution is 2.30. The molecule has 114 valence electrons. The first-order chi connectivity index (χ1) is 10.2. The Hall–Kier alpha value is -1.60. The summed E-state index contributed by atoms with van der Waals surface area (Å²) in [5, 5.41) is 11.7. The van der Waals surface area contributed by atoms with Gasteiger partial charge in [-0.25, -0.2) is 0 Å². The van der Waals surface area contributed by atoms with Crippen LogP contribution in [0.2, 0.25) is 0 Å². The van der Waals surface area contributed by atoms with Crippen LogP contribution >= 0.6 is 11.3 Å². The van der Waals surface area contributed by atoms with Crippen molar-refractivity contribution in [2.75, 3.05) is 19.7 Å². The predicted octanol–water partition coefficient (Wildman–Crippen LogP) is 1.21. The molecule has 3 N–H and O–H groups in total. The Morgan fingerprint density at radius 1 is 1.48 bits per heavy atom. The maximum absolute atomic E-state index is 12.6. The molecule has 1 saturated heterocycles. The third-order valence-electron chi connectivity index (χ3n) is 4.01. The molecule has 1 aromatic heterocycles. The van der Waals surface area contributed by atoms with Crippen molar-refractivity contribution in [2.24, 2.45) is 10.9 Å². The van der Waals surface area contributed by atoms with E-state index in [9.17, 15) is 4.79 Å². The van der Waals surface area contributed by atoms with Crippen LogP contribution in [-0.4, -0.2) is 47.7 Å². The minimum absolute atomic E-state index is 0.0120. The minimum atomic E-state index is -0.526. The molecule has 0 radical (unpaired) electrons. The first-order valence-electron chi connectivity index (χ1n) is 7.19. The Balaban J connectivity index is 1.74. The molecule has 6 nitrogen and oxygen atoms in total.